The van der Waals surface area contributed by atoms with Crippen molar-refractivity contribution in [3.8, 4) is 17.5 Å². The summed E-state index contributed by atoms with van der Waals surface area (Å²) < 4.78 is 57.2. The number of nitrogens with one attached hydrogen (secondary N) is 2. The fraction of sp³-hybridized carbons (Fsp3) is 0. The van der Waals surface area contributed by atoms with Crippen molar-refractivity contribution in [1.82, 2.24) is 21.1 Å². The summed E-state index contributed by atoms with van der Waals surface area (Å²) in [5.41, 5.74) is -1.58. The van der Waals surface area contributed by atoms with Crippen molar-refractivity contribution in [1.29, 1.82) is 0 Å². The minimum Gasteiger partial charge on any atom is -0.740 e. The number of aromatic carboxylic acids is 2. The molecular formula is C27H22N9O12S2-. The van der Waals surface area contributed by atoms with Crippen LogP contribution < -0.4 is 26.9 Å². The molecule has 21 nitrogen and oxygen atoms in total. The monoisotopic (exact) mass is 728 g/mol. The first-order valence-corrected chi connectivity index (χ1v) is 15.5. The van der Waals surface area contributed by atoms with Crippen LogP contribution in [0, 0.1) is 0 Å². The molecule has 0 radical (unpaired) electrons. The largest absolute Gasteiger partial charge is 0.740 e. The van der Waals surface area contributed by atoms with E-state index in [-0.39, 0.29) is 51.1 Å². The van der Waals surface area contributed by atoms with E-state index >= 15 is 0 Å². The summed E-state index contributed by atoms with van der Waals surface area (Å²) in [6.45, 7) is 0. The first-order chi connectivity index (χ1) is 23.3. The fourth-order valence-electron chi connectivity index (χ4n) is 4.33. The Kier molecular flexibility index (Phi) is 10.8. The van der Waals surface area contributed by atoms with Crippen LogP contribution in [-0.2, 0) is 25.8 Å². The molecule has 5 aromatic rings. The molecule has 0 bridgehead atoms. The van der Waals surface area contributed by atoms with Crippen LogP contribution >= 0.6 is 0 Å². The second-order valence-corrected chi connectivity index (χ2v) is 11.5. The van der Waals surface area contributed by atoms with E-state index in [4.69, 9.17) is 10.1 Å². The highest BCUT2D eigenvalue weighted by molar-refractivity contribution is 7.86. The van der Waals surface area contributed by atoms with E-state index in [1.165, 1.54) is 48.5 Å². The summed E-state index contributed by atoms with van der Waals surface area (Å²) in [6.07, 6.45) is 0. The number of nitrogens with zero attached hydrogens (tertiary/aromatic N) is 5. The van der Waals surface area contributed by atoms with E-state index in [2.05, 4.69) is 40.1 Å². The molecule has 1 heterocycles. The SMILES string of the molecule is N.NOS(=O)(=O)c1cc(Nc2nc(O)nc(Nc3ccccc3C(=O)O)n2)c2c(O)c(N=Nc3ccccc3C(=O)O)c(OS(=O)[O-])cc2c1. The van der Waals surface area contributed by atoms with Gasteiger partial charge in [-0.25, -0.2) is 13.8 Å². The van der Waals surface area contributed by atoms with Crippen molar-refractivity contribution in [2.45, 2.75) is 4.90 Å². The molecule has 0 fully saturated rings. The van der Waals surface area contributed by atoms with Gasteiger partial charge >= 0.3 is 28.1 Å². The number of nitrogens with two attached hydrogens (primary N) is 1. The maximum absolute atomic E-state index is 12.6. The van der Waals surface area contributed by atoms with Crippen molar-refractivity contribution < 1.29 is 55.7 Å². The van der Waals surface area contributed by atoms with E-state index in [0.717, 1.165) is 18.2 Å². The number of fused-ring (bicyclic) bond motifs is 1. The Morgan fingerprint density at radius 3 is 2.08 bits per heavy atom. The Balaban J connectivity index is 0.00000562. The predicted molar refractivity (Wildman–Crippen MR) is 172 cm³/mol. The number of aromatic hydroxyl groups is 2. The van der Waals surface area contributed by atoms with Crippen LogP contribution in [0.2, 0.25) is 0 Å². The second kappa shape index (κ2) is 14.8. The third-order valence-electron chi connectivity index (χ3n) is 6.36. The molecule has 0 aliphatic heterocycles. The van der Waals surface area contributed by atoms with Gasteiger partial charge in [-0.15, -0.1) is 10.2 Å². The minimum absolute atomic E-state index is 0. The molecule has 1 aromatic heterocycles. The number of carboxylic acid groups (broad SMARTS) is 2. The first kappa shape index (κ1) is 36.5. The summed E-state index contributed by atoms with van der Waals surface area (Å²) in [6, 6.07) is 13.0. The molecule has 0 amide bonds. The topological polar surface area (TPSA) is 356 Å². The Labute approximate surface area is 282 Å². The molecule has 0 saturated heterocycles. The zero-order valence-electron chi connectivity index (χ0n) is 24.7. The molecule has 260 valence electrons. The van der Waals surface area contributed by atoms with Crippen LogP contribution in [0.25, 0.3) is 10.8 Å². The number of hydrogen-bond donors (Lipinski definition) is 8. The Morgan fingerprint density at radius 1 is 0.860 bits per heavy atom. The summed E-state index contributed by atoms with van der Waals surface area (Å²) in [4.78, 5) is 34.2. The molecule has 0 aliphatic carbocycles. The molecule has 11 N–H and O–H groups in total. The van der Waals surface area contributed by atoms with Crippen molar-refractivity contribution in [3.63, 3.8) is 0 Å². The first-order valence-electron chi connectivity index (χ1n) is 13.1. The third kappa shape index (κ3) is 7.84. The van der Waals surface area contributed by atoms with Gasteiger partial charge in [-0.2, -0.15) is 33.6 Å². The summed E-state index contributed by atoms with van der Waals surface area (Å²) >= 11 is -3.26. The van der Waals surface area contributed by atoms with Crippen molar-refractivity contribution in [3.05, 3.63) is 77.9 Å². The van der Waals surface area contributed by atoms with E-state index in [9.17, 15) is 47.2 Å². The number of azo groups is 1. The van der Waals surface area contributed by atoms with Crippen LogP contribution in [0.5, 0.6) is 17.5 Å². The van der Waals surface area contributed by atoms with Gasteiger partial charge in [-0.05, 0) is 47.9 Å². The normalized spacial score (nSPS) is 11.9. The van der Waals surface area contributed by atoms with Gasteiger partial charge in [0.1, 0.15) is 17.0 Å². The Morgan fingerprint density at radius 2 is 1.46 bits per heavy atom. The van der Waals surface area contributed by atoms with Gasteiger partial charge in [0.25, 0.3) is 0 Å². The van der Waals surface area contributed by atoms with Gasteiger partial charge in [0.2, 0.25) is 11.9 Å². The maximum atomic E-state index is 12.6. The quantitative estimate of drug-likeness (QED) is 0.0516. The van der Waals surface area contributed by atoms with Gasteiger partial charge in [0.15, 0.2) is 17.2 Å². The number of carboxylic acids is 2. The Hall–Kier alpha value is -6.37. The summed E-state index contributed by atoms with van der Waals surface area (Å²) in [5.74, 6) is -0.0601. The number of aromatic nitrogens is 3. The van der Waals surface area contributed by atoms with Crippen molar-refractivity contribution >= 4 is 78.8 Å². The molecule has 4 aromatic carbocycles. The zero-order chi connectivity index (χ0) is 35.5. The number of hydrogen-bond acceptors (Lipinski definition) is 19. The zero-order valence-corrected chi connectivity index (χ0v) is 26.4. The maximum Gasteiger partial charge on any atom is 0.337 e. The number of phenols is 1. The van der Waals surface area contributed by atoms with E-state index in [1.807, 2.05) is 0 Å². The lowest BCUT2D eigenvalue weighted by molar-refractivity contribution is 0.0687. The van der Waals surface area contributed by atoms with Crippen LogP contribution in [0.15, 0.2) is 81.9 Å². The highest BCUT2D eigenvalue weighted by atomic mass is 32.2. The van der Waals surface area contributed by atoms with Crippen LogP contribution in [0.3, 0.4) is 0 Å². The highest BCUT2D eigenvalue weighted by Gasteiger charge is 2.24. The molecule has 0 saturated carbocycles. The smallest absolute Gasteiger partial charge is 0.337 e. The molecule has 0 aliphatic rings. The summed E-state index contributed by atoms with van der Waals surface area (Å²) in [7, 11) is -4.67. The lowest BCUT2D eigenvalue weighted by Gasteiger charge is -2.17. The lowest BCUT2D eigenvalue weighted by Crippen LogP contribution is -2.12. The summed E-state index contributed by atoms with van der Waals surface area (Å²) in [5, 5.41) is 53.1. The van der Waals surface area contributed by atoms with Crippen LogP contribution in [-0.4, -0.2) is 64.5 Å². The fourth-order valence-corrected chi connectivity index (χ4v) is 5.25. The number of rotatable bonds is 12. The van der Waals surface area contributed by atoms with E-state index in [1.54, 1.807) is 0 Å². The molecule has 5 rings (SSSR count). The van der Waals surface area contributed by atoms with Crippen molar-refractivity contribution in [2.24, 2.45) is 16.1 Å². The standard InChI is InChI=1S/C27H20N8O12S2.H3N/c28-47-49(44,45)13-9-12-10-19(46-48(42)43)21(35-34-17-8-4-2-6-15(17)24(39)40)22(36)20(12)18(11-13)30-26-31-25(32-27(41)33-26)29-16-7-3-1-5-14(16)23(37)38;/h1-11,36H,28H2,(H,37,38)(H,39,40)(H,42,43)(H3,29,30,31,32,33,41);1H3/p-1. The predicted octanol–water partition coefficient (Wildman–Crippen LogP) is 3.65. The molecule has 1 atom stereocenters. The average molecular weight is 729 g/mol. The van der Waals surface area contributed by atoms with E-state index in [0.29, 0.717) is 0 Å². The van der Waals surface area contributed by atoms with Crippen LogP contribution in [0.4, 0.5) is 34.6 Å². The third-order valence-corrected chi connectivity index (χ3v) is 7.74. The molecule has 23 heteroatoms. The van der Waals surface area contributed by atoms with Gasteiger partial charge in [0, 0.05) is 5.39 Å². The number of anilines is 4. The number of benzene rings is 4. The van der Waals surface area contributed by atoms with E-state index < -0.39 is 67.5 Å². The van der Waals surface area contributed by atoms with Gasteiger partial charge < -0.3 is 45.9 Å². The van der Waals surface area contributed by atoms with Crippen molar-refractivity contribution in [2.75, 3.05) is 10.6 Å². The minimum atomic E-state index is -4.67. The highest BCUT2D eigenvalue weighted by Crippen LogP contribution is 2.48. The molecule has 50 heavy (non-hydrogen) atoms. The molecule has 0 spiro atoms. The van der Waals surface area contributed by atoms with Gasteiger partial charge in [-0.1, -0.05) is 24.3 Å². The molecular weight excluding hydrogens is 706 g/mol. The Bertz CT molecular complexity index is 2310. The second-order valence-electron chi connectivity index (χ2n) is 9.38. The van der Waals surface area contributed by atoms with Gasteiger partial charge in [0.05, 0.1) is 27.4 Å². The number of carbonyl (C=O) groups is 2. The molecule has 1 unspecified atom stereocenters. The van der Waals surface area contributed by atoms with Crippen LogP contribution in [0.1, 0.15) is 20.7 Å². The number of para-hydroxylation sites is 1. The van der Waals surface area contributed by atoms with Gasteiger partial charge in [-0.3, -0.25) is 0 Å². The lowest BCUT2D eigenvalue weighted by atomic mass is 10.1. The average Bonchev–Trinajstić information content (AvgIpc) is 3.04. The number of phenolic OH excluding ortho intramolecular Hbond substituents is 1.